The van der Waals surface area contributed by atoms with Crippen LogP contribution in [0.15, 0.2) is 60.7 Å². The Hall–Kier alpha value is -4.06. The number of anilines is 1. The van der Waals surface area contributed by atoms with Gasteiger partial charge in [-0.05, 0) is 60.7 Å². The number of methoxy groups -OCH3 is 2. The first-order valence-corrected chi connectivity index (χ1v) is 11.1. The maximum absolute atomic E-state index is 12.5. The Morgan fingerprint density at radius 2 is 1.74 bits per heavy atom. The summed E-state index contributed by atoms with van der Waals surface area (Å²) in [6, 6.07) is 19.5. The number of nitrogens with two attached hydrogens (primary N) is 1. The van der Waals surface area contributed by atoms with Gasteiger partial charge < -0.3 is 19.9 Å². The SMILES string of the molecule is COC(=O)c1cc2cc(OC)c3c(c2c(-c2cccc(-c4ccc(N)cc4)c2)n1)CC(C)(C)O3. The van der Waals surface area contributed by atoms with Gasteiger partial charge in [-0.3, -0.25) is 0 Å². The molecule has 0 saturated carbocycles. The summed E-state index contributed by atoms with van der Waals surface area (Å²) in [6.45, 7) is 4.10. The third-order valence-electron chi connectivity index (χ3n) is 6.11. The summed E-state index contributed by atoms with van der Waals surface area (Å²) in [7, 11) is 2.98. The molecule has 0 bridgehead atoms. The highest BCUT2D eigenvalue weighted by atomic mass is 16.5. The molecular weight excluding hydrogens is 428 g/mol. The summed E-state index contributed by atoms with van der Waals surface area (Å²) >= 11 is 0. The fourth-order valence-corrected chi connectivity index (χ4v) is 4.57. The number of nitrogen functional groups attached to an aromatic ring is 1. The molecule has 1 aliphatic heterocycles. The monoisotopic (exact) mass is 454 g/mol. The highest BCUT2D eigenvalue weighted by Gasteiger charge is 2.35. The van der Waals surface area contributed by atoms with Crippen molar-refractivity contribution in [3.8, 4) is 33.9 Å². The highest BCUT2D eigenvalue weighted by molar-refractivity contribution is 6.04. The van der Waals surface area contributed by atoms with Gasteiger partial charge in [-0.25, -0.2) is 9.78 Å². The molecule has 5 rings (SSSR count). The van der Waals surface area contributed by atoms with Crippen LogP contribution < -0.4 is 15.2 Å². The van der Waals surface area contributed by atoms with Gasteiger partial charge in [0.2, 0.25) is 0 Å². The normalized spacial score (nSPS) is 13.9. The average Bonchev–Trinajstić information content (AvgIpc) is 3.17. The summed E-state index contributed by atoms with van der Waals surface area (Å²) in [6.07, 6.45) is 0.694. The van der Waals surface area contributed by atoms with Crippen molar-refractivity contribution in [2.75, 3.05) is 20.0 Å². The molecule has 6 heteroatoms. The van der Waals surface area contributed by atoms with E-state index in [2.05, 4.69) is 19.9 Å². The van der Waals surface area contributed by atoms with Crippen LogP contribution in [-0.4, -0.2) is 30.8 Å². The van der Waals surface area contributed by atoms with Crippen LogP contribution in [0.2, 0.25) is 0 Å². The van der Waals surface area contributed by atoms with Crippen LogP contribution >= 0.6 is 0 Å². The Morgan fingerprint density at radius 3 is 2.44 bits per heavy atom. The Bertz CT molecular complexity index is 1430. The van der Waals surface area contributed by atoms with Gasteiger partial charge in [0.25, 0.3) is 0 Å². The number of ether oxygens (including phenoxy) is 3. The van der Waals surface area contributed by atoms with E-state index in [0.717, 1.165) is 38.8 Å². The Kier molecular flexibility index (Phi) is 5.16. The molecule has 4 aromatic rings. The van der Waals surface area contributed by atoms with Gasteiger partial charge in [0.15, 0.2) is 11.5 Å². The third-order valence-corrected chi connectivity index (χ3v) is 6.11. The topological polar surface area (TPSA) is 83.7 Å². The number of esters is 1. The lowest BCUT2D eigenvalue weighted by Crippen LogP contribution is -2.24. The number of hydrogen-bond acceptors (Lipinski definition) is 6. The smallest absolute Gasteiger partial charge is 0.356 e. The van der Waals surface area contributed by atoms with E-state index in [4.69, 9.17) is 24.9 Å². The summed E-state index contributed by atoms with van der Waals surface area (Å²) in [4.78, 5) is 17.3. The van der Waals surface area contributed by atoms with Crippen LogP contribution in [0, 0.1) is 0 Å². The number of fused-ring (bicyclic) bond motifs is 3. The molecule has 0 amide bonds. The fourth-order valence-electron chi connectivity index (χ4n) is 4.57. The van der Waals surface area contributed by atoms with E-state index in [1.807, 2.05) is 48.5 Å². The Balaban J connectivity index is 1.80. The van der Waals surface area contributed by atoms with Crippen molar-refractivity contribution in [2.45, 2.75) is 25.9 Å². The molecule has 2 heterocycles. The van der Waals surface area contributed by atoms with Crippen molar-refractivity contribution in [3.05, 3.63) is 71.9 Å². The number of rotatable bonds is 4. The molecule has 1 aliphatic rings. The van der Waals surface area contributed by atoms with Crippen LogP contribution in [0.3, 0.4) is 0 Å². The minimum atomic E-state index is -0.492. The summed E-state index contributed by atoms with van der Waals surface area (Å²) in [5, 5.41) is 1.80. The number of carbonyl (C=O) groups excluding carboxylic acids is 1. The van der Waals surface area contributed by atoms with Gasteiger partial charge in [-0.2, -0.15) is 0 Å². The predicted octanol–water partition coefficient (Wildman–Crippen LogP) is 5.66. The number of aromatic nitrogens is 1. The second-order valence-electron chi connectivity index (χ2n) is 9.07. The van der Waals surface area contributed by atoms with Crippen molar-refractivity contribution in [3.63, 3.8) is 0 Å². The van der Waals surface area contributed by atoms with E-state index in [-0.39, 0.29) is 11.3 Å². The van der Waals surface area contributed by atoms with Crippen LogP contribution in [0.4, 0.5) is 5.69 Å². The van der Waals surface area contributed by atoms with Gasteiger partial charge in [0.1, 0.15) is 11.3 Å². The van der Waals surface area contributed by atoms with E-state index < -0.39 is 5.97 Å². The van der Waals surface area contributed by atoms with Crippen molar-refractivity contribution < 1.29 is 19.0 Å². The van der Waals surface area contributed by atoms with E-state index in [1.165, 1.54) is 7.11 Å². The molecule has 0 spiro atoms. The number of hydrogen-bond donors (Lipinski definition) is 1. The molecule has 0 atom stereocenters. The number of carbonyl (C=O) groups is 1. The lowest BCUT2D eigenvalue weighted by atomic mass is 9.92. The van der Waals surface area contributed by atoms with Gasteiger partial charge in [-0.15, -0.1) is 0 Å². The molecular formula is C28H26N2O4. The summed E-state index contributed by atoms with van der Waals surface area (Å²) in [5.41, 5.74) is 11.1. The van der Waals surface area contributed by atoms with Crippen molar-refractivity contribution in [1.82, 2.24) is 4.98 Å². The van der Waals surface area contributed by atoms with Crippen LogP contribution in [0.1, 0.15) is 29.9 Å². The largest absolute Gasteiger partial charge is 0.493 e. The summed E-state index contributed by atoms with van der Waals surface area (Å²) < 4.78 is 16.9. The lowest BCUT2D eigenvalue weighted by Gasteiger charge is -2.17. The van der Waals surface area contributed by atoms with Crippen LogP contribution in [0.25, 0.3) is 33.2 Å². The molecule has 0 fully saturated rings. The van der Waals surface area contributed by atoms with Crippen LogP contribution in [0.5, 0.6) is 11.5 Å². The maximum atomic E-state index is 12.5. The molecule has 0 saturated heterocycles. The van der Waals surface area contributed by atoms with Crippen molar-refractivity contribution in [2.24, 2.45) is 0 Å². The zero-order chi connectivity index (χ0) is 24.0. The molecule has 3 aromatic carbocycles. The van der Waals surface area contributed by atoms with Gasteiger partial charge >= 0.3 is 5.97 Å². The molecule has 2 N–H and O–H groups in total. The first kappa shape index (κ1) is 21.8. The molecule has 172 valence electrons. The Labute approximate surface area is 198 Å². The second kappa shape index (κ2) is 8.06. The van der Waals surface area contributed by atoms with E-state index in [1.54, 1.807) is 13.2 Å². The van der Waals surface area contributed by atoms with E-state index >= 15 is 0 Å². The average molecular weight is 455 g/mol. The second-order valence-corrected chi connectivity index (χ2v) is 9.07. The maximum Gasteiger partial charge on any atom is 0.356 e. The zero-order valence-electron chi connectivity index (χ0n) is 19.6. The van der Waals surface area contributed by atoms with Gasteiger partial charge in [0.05, 0.1) is 19.9 Å². The minimum absolute atomic E-state index is 0.239. The third kappa shape index (κ3) is 3.71. The molecule has 0 unspecified atom stereocenters. The quantitative estimate of drug-likeness (QED) is 0.316. The van der Waals surface area contributed by atoms with E-state index in [0.29, 0.717) is 23.6 Å². The molecule has 1 aromatic heterocycles. The number of pyridine rings is 1. The fraction of sp³-hybridized carbons (Fsp3) is 0.214. The Morgan fingerprint density at radius 1 is 1.00 bits per heavy atom. The molecule has 0 aliphatic carbocycles. The first-order valence-electron chi connectivity index (χ1n) is 11.1. The first-order chi connectivity index (χ1) is 16.3. The van der Waals surface area contributed by atoms with Gasteiger partial charge in [0, 0.05) is 28.6 Å². The zero-order valence-corrected chi connectivity index (χ0v) is 19.6. The highest BCUT2D eigenvalue weighted by Crippen LogP contribution is 2.48. The number of nitrogens with zero attached hydrogens (tertiary/aromatic N) is 1. The van der Waals surface area contributed by atoms with Crippen molar-refractivity contribution in [1.29, 1.82) is 0 Å². The van der Waals surface area contributed by atoms with E-state index in [9.17, 15) is 4.79 Å². The standard InChI is InChI=1S/C28H26N2O4/c1-28(2)15-21-24-19(14-23(32-3)26(21)34-28)13-22(27(31)33-4)30-25(24)18-7-5-6-17(12-18)16-8-10-20(29)11-9-16/h5-14H,15,29H2,1-4H3. The van der Waals surface area contributed by atoms with Crippen molar-refractivity contribution >= 4 is 22.4 Å². The lowest BCUT2D eigenvalue weighted by molar-refractivity contribution is 0.0594. The summed E-state index contributed by atoms with van der Waals surface area (Å²) in [5.74, 6) is 0.870. The molecule has 34 heavy (non-hydrogen) atoms. The number of benzene rings is 3. The molecule has 6 nitrogen and oxygen atoms in total. The van der Waals surface area contributed by atoms with Crippen LogP contribution in [-0.2, 0) is 11.2 Å². The molecule has 0 radical (unpaired) electrons. The van der Waals surface area contributed by atoms with Gasteiger partial charge in [-0.1, -0.05) is 30.3 Å². The minimum Gasteiger partial charge on any atom is -0.493 e. The predicted molar refractivity (Wildman–Crippen MR) is 133 cm³/mol.